The normalized spacial score (nSPS) is 15.0. The maximum Gasteiger partial charge on any atom is 0.134 e. The monoisotopic (exact) mass is 319 g/mol. The lowest BCUT2D eigenvalue weighted by molar-refractivity contribution is 0.134. The Morgan fingerprint density at radius 1 is 1.04 bits per heavy atom. The zero-order valence-corrected chi connectivity index (χ0v) is 14.3. The molecule has 122 valence electrons. The highest BCUT2D eigenvalue weighted by atomic mass is 16.5. The number of fused-ring (bicyclic) bond motifs is 2. The first-order chi connectivity index (χ1) is 11.5. The van der Waals surface area contributed by atoms with Crippen molar-refractivity contribution < 1.29 is 9.15 Å². The second kappa shape index (κ2) is 5.60. The highest BCUT2D eigenvalue weighted by Gasteiger charge is 2.29. The van der Waals surface area contributed by atoms with Crippen LogP contribution in [0.5, 0.6) is 0 Å². The predicted molar refractivity (Wildman–Crippen MR) is 96.8 cm³/mol. The average molecular weight is 319 g/mol. The third kappa shape index (κ3) is 2.55. The SMILES string of the molecule is CC(C)(C)C(=Nc1ccccc1)c1c2c(cc3occc13)COC2. The molecule has 1 aliphatic heterocycles. The number of rotatable bonds is 2. The number of aliphatic imine (C=N–C) groups is 1. The Bertz CT molecular complexity index is 914. The maximum atomic E-state index is 5.71. The second-order valence-corrected chi connectivity index (χ2v) is 7.26. The molecular formula is C21H21NO2. The Morgan fingerprint density at radius 3 is 2.58 bits per heavy atom. The quantitative estimate of drug-likeness (QED) is 0.574. The number of para-hydroxylation sites is 1. The first-order valence-electron chi connectivity index (χ1n) is 8.28. The fraction of sp³-hybridized carbons (Fsp3) is 0.286. The summed E-state index contributed by atoms with van der Waals surface area (Å²) in [7, 11) is 0. The van der Waals surface area contributed by atoms with E-state index in [0.29, 0.717) is 13.2 Å². The van der Waals surface area contributed by atoms with Crippen LogP contribution in [-0.4, -0.2) is 5.71 Å². The zero-order valence-electron chi connectivity index (χ0n) is 14.3. The summed E-state index contributed by atoms with van der Waals surface area (Å²) in [6.45, 7) is 7.89. The van der Waals surface area contributed by atoms with E-state index >= 15 is 0 Å². The van der Waals surface area contributed by atoms with Gasteiger partial charge < -0.3 is 9.15 Å². The lowest BCUT2D eigenvalue weighted by Gasteiger charge is -2.24. The molecule has 2 aromatic carbocycles. The van der Waals surface area contributed by atoms with Gasteiger partial charge in [0.05, 0.1) is 30.9 Å². The van der Waals surface area contributed by atoms with Gasteiger partial charge >= 0.3 is 0 Å². The van der Waals surface area contributed by atoms with E-state index in [1.54, 1.807) is 6.26 Å². The van der Waals surface area contributed by atoms with Crippen LogP contribution in [0.15, 0.2) is 58.1 Å². The van der Waals surface area contributed by atoms with Crippen molar-refractivity contribution in [3.63, 3.8) is 0 Å². The van der Waals surface area contributed by atoms with Gasteiger partial charge in [-0.05, 0) is 35.4 Å². The van der Waals surface area contributed by atoms with Gasteiger partial charge in [0, 0.05) is 16.4 Å². The van der Waals surface area contributed by atoms with Crippen molar-refractivity contribution in [2.24, 2.45) is 10.4 Å². The van der Waals surface area contributed by atoms with Crippen molar-refractivity contribution in [2.75, 3.05) is 0 Å². The lowest BCUT2D eigenvalue weighted by atomic mass is 9.81. The minimum absolute atomic E-state index is 0.0994. The molecule has 0 aliphatic carbocycles. The zero-order chi connectivity index (χ0) is 16.7. The Balaban J connectivity index is 2.02. The molecule has 0 bridgehead atoms. The first kappa shape index (κ1) is 15.2. The molecule has 1 aromatic heterocycles. The van der Waals surface area contributed by atoms with Gasteiger partial charge in [0.1, 0.15) is 5.58 Å². The fourth-order valence-electron chi connectivity index (χ4n) is 3.27. The molecule has 2 heterocycles. The maximum absolute atomic E-state index is 5.71. The minimum Gasteiger partial charge on any atom is -0.464 e. The van der Waals surface area contributed by atoms with E-state index in [1.165, 1.54) is 16.7 Å². The summed E-state index contributed by atoms with van der Waals surface area (Å²) in [5.74, 6) is 0. The van der Waals surface area contributed by atoms with E-state index in [1.807, 2.05) is 36.4 Å². The van der Waals surface area contributed by atoms with E-state index in [-0.39, 0.29) is 5.41 Å². The van der Waals surface area contributed by atoms with Gasteiger partial charge in [-0.2, -0.15) is 0 Å². The molecule has 3 heteroatoms. The van der Waals surface area contributed by atoms with Gasteiger partial charge in [0.2, 0.25) is 0 Å². The summed E-state index contributed by atoms with van der Waals surface area (Å²) in [6.07, 6.45) is 1.76. The van der Waals surface area contributed by atoms with Crippen LogP contribution in [-0.2, 0) is 18.0 Å². The standard InChI is InChI=1S/C21H21NO2/c1-21(2,3)20(22-15-7-5-4-6-8-15)19-16-9-10-24-18(16)11-14-12-23-13-17(14)19/h4-11H,12-13H2,1-3H3. The molecule has 1 aliphatic rings. The van der Waals surface area contributed by atoms with E-state index in [2.05, 4.69) is 26.8 Å². The molecule has 0 amide bonds. The highest BCUT2D eigenvalue weighted by Crippen LogP contribution is 2.37. The molecule has 4 rings (SSSR count). The van der Waals surface area contributed by atoms with E-state index in [0.717, 1.165) is 22.4 Å². The van der Waals surface area contributed by atoms with Crippen LogP contribution < -0.4 is 0 Å². The van der Waals surface area contributed by atoms with Gasteiger partial charge in [-0.25, -0.2) is 0 Å². The van der Waals surface area contributed by atoms with Crippen molar-refractivity contribution in [2.45, 2.75) is 34.0 Å². The summed E-state index contributed by atoms with van der Waals surface area (Å²) in [5.41, 5.74) is 6.46. The number of nitrogens with zero attached hydrogens (tertiary/aromatic N) is 1. The molecule has 24 heavy (non-hydrogen) atoms. The largest absolute Gasteiger partial charge is 0.464 e. The highest BCUT2D eigenvalue weighted by molar-refractivity contribution is 6.14. The van der Waals surface area contributed by atoms with Crippen molar-refractivity contribution in [1.82, 2.24) is 0 Å². The van der Waals surface area contributed by atoms with Crippen molar-refractivity contribution in [3.8, 4) is 0 Å². The van der Waals surface area contributed by atoms with Crippen LogP contribution in [0.25, 0.3) is 11.0 Å². The molecule has 3 aromatic rings. The van der Waals surface area contributed by atoms with E-state index in [9.17, 15) is 0 Å². The Labute approximate surface area is 142 Å². The second-order valence-electron chi connectivity index (χ2n) is 7.26. The molecule has 3 nitrogen and oxygen atoms in total. The Morgan fingerprint density at radius 2 is 1.83 bits per heavy atom. The number of ether oxygens (including phenoxy) is 1. The van der Waals surface area contributed by atoms with E-state index in [4.69, 9.17) is 14.1 Å². The van der Waals surface area contributed by atoms with Crippen molar-refractivity contribution in [3.05, 3.63) is 65.4 Å². The van der Waals surface area contributed by atoms with Crippen molar-refractivity contribution >= 4 is 22.4 Å². The number of benzene rings is 2. The van der Waals surface area contributed by atoms with Crippen LogP contribution in [0.2, 0.25) is 0 Å². The lowest BCUT2D eigenvalue weighted by Crippen LogP contribution is -2.23. The summed E-state index contributed by atoms with van der Waals surface area (Å²) in [6, 6.07) is 14.3. The topological polar surface area (TPSA) is 34.7 Å². The Kier molecular flexibility index (Phi) is 3.54. The average Bonchev–Trinajstić information content (AvgIpc) is 3.19. The molecule has 0 unspecified atom stereocenters. The molecule has 0 saturated carbocycles. The smallest absolute Gasteiger partial charge is 0.134 e. The van der Waals surface area contributed by atoms with E-state index < -0.39 is 0 Å². The van der Waals surface area contributed by atoms with Gasteiger partial charge in [0.25, 0.3) is 0 Å². The number of hydrogen-bond acceptors (Lipinski definition) is 3. The molecule has 0 atom stereocenters. The van der Waals surface area contributed by atoms with Gasteiger partial charge in [0.15, 0.2) is 0 Å². The van der Waals surface area contributed by atoms with Crippen LogP contribution in [0.1, 0.15) is 37.5 Å². The van der Waals surface area contributed by atoms with Crippen LogP contribution in [0.3, 0.4) is 0 Å². The molecule has 0 radical (unpaired) electrons. The van der Waals surface area contributed by atoms with Crippen LogP contribution in [0.4, 0.5) is 5.69 Å². The Hall–Kier alpha value is -2.39. The molecular weight excluding hydrogens is 298 g/mol. The summed E-state index contributed by atoms with van der Waals surface area (Å²) in [5, 5.41) is 1.11. The summed E-state index contributed by atoms with van der Waals surface area (Å²) >= 11 is 0. The van der Waals surface area contributed by atoms with Crippen molar-refractivity contribution in [1.29, 1.82) is 0 Å². The molecule has 0 fully saturated rings. The third-order valence-corrected chi connectivity index (χ3v) is 4.41. The van der Waals surface area contributed by atoms with Crippen LogP contribution >= 0.6 is 0 Å². The van der Waals surface area contributed by atoms with Crippen LogP contribution in [0, 0.1) is 5.41 Å². The van der Waals surface area contributed by atoms with Gasteiger partial charge in [-0.1, -0.05) is 39.0 Å². The van der Waals surface area contributed by atoms with Gasteiger partial charge in [-0.3, -0.25) is 4.99 Å². The number of hydrogen-bond donors (Lipinski definition) is 0. The summed E-state index contributed by atoms with van der Waals surface area (Å²) in [4.78, 5) is 5.03. The number of furan rings is 1. The molecule has 0 saturated heterocycles. The summed E-state index contributed by atoms with van der Waals surface area (Å²) < 4.78 is 11.4. The molecule has 0 spiro atoms. The minimum atomic E-state index is -0.0994. The predicted octanol–water partition coefficient (Wildman–Crippen LogP) is 5.63. The first-order valence-corrected chi connectivity index (χ1v) is 8.28. The third-order valence-electron chi connectivity index (χ3n) is 4.41. The fourth-order valence-corrected chi connectivity index (χ4v) is 3.27. The van der Waals surface area contributed by atoms with Gasteiger partial charge in [-0.15, -0.1) is 0 Å². The molecule has 0 N–H and O–H groups in total.